The van der Waals surface area contributed by atoms with Gasteiger partial charge >= 0.3 is 6.09 Å². The molecule has 0 aliphatic carbocycles. The van der Waals surface area contributed by atoms with E-state index in [4.69, 9.17) is 13.9 Å². The maximum absolute atomic E-state index is 13.4. The Morgan fingerprint density at radius 3 is 2.46 bits per heavy atom. The Bertz CT molecular complexity index is 1880. The van der Waals surface area contributed by atoms with Gasteiger partial charge in [0.25, 0.3) is 11.8 Å². The van der Waals surface area contributed by atoms with Crippen molar-refractivity contribution in [2.75, 3.05) is 13.1 Å². The maximum Gasteiger partial charge on any atom is 0.410 e. The van der Waals surface area contributed by atoms with E-state index in [0.717, 1.165) is 32.4 Å². The highest BCUT2D eigenvalue weighted by Crippen LogP contribution is 2.30. The molecule has 262 valence electrons. The number of carbonyl (C=O) groups is 3. The molecule has 2 aliphatic rings. The number of ether oxygens (including phenoxy) is 2. The number of aromatic nitrogens is 1. The van der Waals surface area contributed by atoms with E-state index >= 15 is 0 Å². The van der Waals surface area contributed by atoms with Gasteiger partial charge in [-0.1, -0.05) is 28.1 Å². The lowest BCUT2D eigenvalue weighted by Crippen LogP contribution is -2.54. The van der Waals surface area contributed by atoms with Crippen molar-refractivity contribution in [2.24, 2.45) is 0 Å². The first-order valence-corrected chi connectivity index (χ1v) is 17.4. The number of nitrogens with one attached hydrogen (secondary N) is 1. The number of aliphatic hydroxyl groups is 1. The third-order valence-corrected chi connectivity index (χ3v) is 9.49. The average Bonchev–Trinajstić information content (AvgIpc) is 3.51. The summed E-state index contributed by atoms with van der Waals surface area (Å²) in [5.41, 5.74) is 4.96. The van der Waals surface area contributed by atoms with E-state index in [1.807, 2.05) is 54.3 Å². The van der Waals surface area contributed by atoms with E-state index < -0.39 is 23.8 Å². The predicted molar refractivity (Wildman–Crippen MR) is 189 cm³/mol. The number of oxazole rings is 1. The summed E-state index contributed by atoms with van der Waals surface area (Å²) in [5, 5.41) is 14.3. The Labute approximate surface area is 299 Å². The molecule has 1 aromatic heterocycles. The molecule has 2 N–H and O–H groups in total. The zero-order valence-electron chi connectivity index (χ0n) is 28.6. The highest BCUT2D eigenvalue weighted by molar-refractivity contribution is 9.10. The molecule has 0 spiro atoms. The van der Waals surface area contributed by atoms with E-state index in [2.05, 4.69) is 26.2 Å². The number of halogens is 1. The second-order valence-corrected chi connectivity index (χ2v) is 14.6. The Hall–Kier alpha value is -4.68. The van der Waals surface area contributed by atoms with Crippen molar-refractivity contribution < 1.29 is 33.4 Å². The van der Waals surface area contributed by atoms with Crippen molar-refractivity contribution in [3.05, 3.63) is 116 Å². The van der Waals surface area contributed by atoms with Crippen LogP contribution in [0.25, 0.3) is 0 Å². The normalized spacial score (nSPS) is 16.2. The summed E-state index contributed by atoms with van der Waals surface area (Å²) < 4.78 is 18.0. The zero-order valence-corrected chi connectivity index (χ0v) is 30.2. The standard InChI is InChI=1S/C38H41BrN4O7/c1-23-34(49-22-41-23)21-48-31-12-9-25-17-32(43(20-29(25)16-31)37(47)50-38(2,3)4)33(44)18-40-35(45)27-5-6-28-19-42(14-13-26(28)15-27)36(46)24-7-10-30(39)11-8-24/h5-12,15-16,22,32-33,44H,13-14,17-21H2,1-4H3,(H,40,45)/t32-,33+/m0/s1. The molecule has 3 heterocycles. The van der Waals surface area contributed by atoms with Crippen LogP contribution in [0.5, 0.6) is 5.75 Å². The van der Waals surface area contributed by atoms with Gasteiger partial charge in [0, 0.05) is 41.8 Å². The Balaban J connectivity index is 1.10. The quantitative estimate of drug-likeness (QED) is 0.225. The third-order valence-electron chi connectivity index (χ3n) is 8.97. The number of rotatable bonds is 8. The molecule has 3 amide bonds. The molecule has 2 atom stereocenters. The van der Waals surface area contributed by atoms with Crippen LogP contribution in [0, 0.1) is 6.92 Å². The van der Waals surface area contributed by atoms with Crippen LogP contribution in [0.3, 0.4) is 0 Å². The number of carbonyl (C=O) groups excluding carboxylic acids is 3. The van der Waals surface area contributed by atoms with E-state index in [-0.39, 0.29) is 31.5 Å². The molecule has 0 fully saturated rings. The van der Waals surface area contributed by atoms with E-state index in [0.29, 0.717) is 48.6 Å². The maximum atomic E-state index is 13.4. The second kappa shape index (κ2) is 14.7. The smallest absolute Gasteiger partial charge is 0.410 e. The van der Waals surface area contributed by atoms with Gasteiger partial charge < -0.3 is 29.2 Å². The summed E-state index contributed by atoms with van der Waals surface area (Å²) in [4.78, 5) is 47.2. The topological polar surface area (TPSA) is 134 Å². The largest absolute Gasteiger partial charge is 0.486 e. The summed E-state index contributed by atoms with van der Waals surface area (Å²) in [5.74, 6) is 0.888. The molecule has 0 saturated heterocycles. The molecule has 12 heteroatoms. The minimum Gasteiger partial charge on any atom is -0.486 e. The lowest BCUT2D eigenvalue weighted by molar-refractivity contribution is -0.0113. The SMILES string of the molecule is Cc1ncoc1COc1ccc2c(c1)CN(C(=O)OC(C)(C)C)[C@H]([C@H](O)CNC(=O)c1ccc3c(c1)CCN(C(=O)c1ccc(Br)cc1)C3)C2. The van der Waals surface area contributed by atoms with Crippen molar-refractivity contribution in [1.82, 2.24) is 20.1 Å². The molecule has 3 aromatic carbocycles. The third kappa shape index (κ3) is 8.19. The van der Waals surface area contributed by atoms with Crippen LogP contribution in [-0.2, 0) is 37.3 Å². The van der Waals surface area contributed by atoms with Crippen LogP contribution in [0.15, 0.2) is 75.9 Å². The summed E-state index contributed by atoms with van der Waals surface area (Å²) in [6.07, 6.45) is 0.747. The van der Waals surface area contributed by atoms with Crippen LogP contribution in [0.2, 0.25) is 0 Å². The molecule has 2 aliphatic heterocycles. The average molecular weight is 746 g/mol. The minimum atomic E-state index is -1.07. The molecule has 0 bridgehead atoms. The fourth-order valence-corrected chi connectivity index (χ4v) is 6.49. The van der Waals surface area contributed by atoms with E-state index in [1.54, 1.807) is 39.0 Å². The van der Waals surface area contributed by atoms with Gasteiger partial charge in [0.05, 0.1) is 17.8 Å². The Morgan fingerprint density at radius 1 is 1.00 bits per heavy atom. The fourth-order valence-electron chi connectivity index (χ4n) is 6.23. The Kier molecular flexibility index (Phi) is 10.3. The summed E-state index contributed by atoms with van der Waals surface area (Å²) in [6, 6.07) is 17.8. The molecule has 0 radical (unpaired) electrons. The number of amides is 3. The van der Waals surface area contributed by atoms with E-state index in [1.165, 1.54) is 11.3 Å². The van der Waals surface area contributed by atoms with Crippen LogP contribution in [-0.4, -0.2) is 68.6 Å². The number of aryl methyl sites for hydroxylation is 1. The molecule has 50 heavy (non-hydrogen) atoms. The number of benzene rings is 3. The number of hydrogen-bond acceptors (Lipinski definition) is 8. The van der Waals surface area contributed by atoms with Gasteiger partial charge in [-0.05, 0) is 111 Å². The van der Waals surface area contributed by atoms with Crippen LogP contribution >= 0.6 is 15.9 Å². The molecular formula is C38H41BrN4O7. The molecule has 11 nitrogen and oxygen atoms in total. The minimum absolute atomic E-state index is 0.0311. The molecule has 6 rings (SSSR count). The van der Waals surface area contributed by atoms with Gasteiger partial charge in [0.1, 0.15) is 18.0 Å². The Morgan fingerprint density at radius 2 is 1.74 bits per heavy atom. The highest BCUT2D eigenvalue weighted by atomic mass is 79.9. The summed E-state index contributed by atoms with van der Waals surface area (Å²) in [7, 11) is 0. The first kappa shape index (κ1) is 35.2. The van der Waals surface area contributed by atoms with Crippen molar-refractivity contribution in [1.29, 1.82) is 0 Å². The monoisotopic (exact) mass is 744 g/mol. The lowest BCUT2D eigenvalue weighted by Gasteiger charge is -2.40. The first-order valence-electron chi connectivity index (χ1n) is 16.6. The molecule has 0 saturated carbocycles. The second-order valence-electron chi connectivity index (χ2n) is 13.7. The molecular weight excluding hydrogens is 704 g/mol. The van der Waals surface area contributed by atoms with Gasteiger partial charge in [-0.2, -0.15) is 0 Å². The molecule has 4 aromatic rings. The summed E-state index contributed by atoms with van der Waals surface area (Å²) >= 11 is 3.41. The highest BCUT2D eigenvalue weighted by Gasteiger charge is 2.37. The van der Waals surface area contributed by atoms with Crippen molar-refractivity contribution in [2.45, 2.75) is 78.0 Å². The van der Waals surface area contributed by atoms with Crippen LogP contribution in [0.1, 0.15) is 75.2 Å². The number of nitrogens with zero attached hydrogens (tertiary/aromatic N) is 3. The van der Waals surface area contributed by atoms with E-state index in [9.17, 15) is 19.5 Å². The van der Waals surface area contributed by atoms with Crippen LogP contribution in [0.4, 0.5) is 4.79 Å². The van der Waals surface area contributed by atoms with Gasteiger partial charge in [0.2, 0.25) is 0 Å². The summed E-state index contributed by atoms with van der Waals surface area (Å²) in [6.45, 7) is 8.59. The van der Waals surface area contributed by atoms with Crippen molar-refractivity contribution in [3.8, 4) is 5.75 Å². The predicted octanol–water partition coefficient (Wildman–Crippen LogP) is 5.98. The van der Waals surface area contributed by atoms with Crippen molar-refractivity contribution >= 4 is 33.8 Å². The van der Waals surface area contributed by atoms with Gasteiger partial charge in [-0.25, -0.2) is 9.78 Å². The first-order chi connectivity index (χ1) is 23.8. The zero-order chi connectivity index (χ0) is 35.6. The van der Waals surface area contributed by atoms with Gasteiger partial charge in [0.15, 0.2) is 12.2 Å². The molecule has 0 unspecified atom stereocenters. The fraction of sp³-hybridized carbons (Fsp3) is 0.368. The van der Waals surface area contributed by atoms with Gasteiger partial charge in [-0.15, -0.1) is 0 Å². The number of aliphatic hydroxyl groups excluding tert-OH is 1. The number of hydrogen-bond donors (Lipinski definition) is 2. The van der Waals surface area contributed by atoms with Crippen molar-refractivity contribution in [3.63, 3.8) is 0 Å². The lowest BCUT2D eigenvalue weighted by atomic mass is 9.91. The van der Waals surface area contributed by atoms with Crippen LogP contribution < -0.4 is 10.1 Å². The number of fused-ring (bicyclic) bond motifs is 2. The van der Waals surface area contributed by atoms with Gasteiger partial charge in [-0.3, -0.25) is 14.5 Å².